The molecule has 0 atom stereocenters. The summed E-state index contributed by atoms with van der Waals surface area (Å²) in [6.07, 6.45) is 0. The topological polar surface area (TPSA) is 70.7 Å². The van der Waals surface area contributed by atoms with Gasteiger partial charge in [-0.2, -0.15) is 0 Å². The van der Waals surface area contributed by atoms with Crippen molar-refractivity contribution >= 4 is 38.4 Å². The molecule has 0 spiro atoms. The number of hydrogen-bond acceptors (Lipinski definition) is 7. The van der Waals surface area contributed by atoms with Crippen molar-refractivity contribution in [2.45, 2.75) is 10.8 Å². The van der Waals surface area contributed by atoms with Crippen LogP contribution < -0.4 is 19.7 Å². The van der Waals surface area contributed by atoms with Crippen LogP contribution in [-0.2, 0) is 16.6 Å². The number of nitrogens with one attached hydrogen (secondary N) is 2. The standard InChI is InChI=1S/C19H21N3O3S3/c23-28(24,21-14-17-5-2-12-26-17)19-7-6-18(27-19)25-16-4-1-3-15(13-16)22-10-8-20-9-11-22/h1-7,12-13,20-21H,8-11,14H2. The molecule has 6 nitrogen and oxygen atoms in total. The van der Waals surface area contributed by atoms with Gasteiger partial charge in [0, 0.05) is 49.4 Å². The Balaban J connectivity index is 1.43. The normalized spacial score (nSPS) is 14.9. The molecule has 1 aliphatic rings. The van der Waals surface area contributed by atoms with Gasteiger partial charge in [0.2, 0.25) is 0 Å². The van der Waals surface area contributed by atoms with E-state index in [1.807, 2.05) is 35.7 Å². The highest BCUT2D eigenvalue weighted by Gasteiger charge is 2.18. The predicted octanol–water partition coefficient (Wildman–Crippen LogP) is 3.49. The second-order valence-corrected chi connectivity index (χ2v) is 10.4. The molecule has 1 fully saturated rings. The van der Waals surface area contributed by atoms with E-state index in [9.17, 15) is 8.42 Å². The highest BCUT2D eigenvalue weighted by Crippen LogP contribution is 2.33. The van der Waals surface area contributed by atoms with E-state index < -0.39 is 10.0 Å². The number of benzene rings is 1. The highest BCUT2D eigenvalue weighted by atomic mass is 32.2. The number of anilines is 1. The van der Waals surface area contributed by atoms with Crippen LogP contribution in [-0.4, -0.2) is 34.6 Å². The summed E-state index contributed by atoms with van der Waals surface area (Å²) in [6.45, 7) is 4.15. The molecular formula is C19H21N3O3S3. The summed E-state index contributed by atoms with van der Waals surface area (Å²) in [5, 5.41) is 5.82. The molecule has 2 N–H and O–H groups in total. The van der Waals surface area contributed by atoms with Gasteiger partial charge in [-0.3, -0.25) is 0 Å². The average molecular weight is 436 g/mol. The Kier molecular flexibility index (Phi) is 5.98. The Morgan fingerprint density at radius 1 is 1.11 bits per heavy atom. The number of rotatable bonds is 7. The zero-order valence-corrected chi connectivity index (χ0v) is 17.6. The predicted molar refractivity (Wildman–Crippen MR) is 114 cm³/mol. The van der Waals surface area contributed by atoms with Crippen LogP contribution in [0.4, 0.5) is 5.69 Å². The summed E-state index contributed by atoms with van der Waals surface area (Å²) in [5.41, 5.74) is 1.11. The van der Waals surface area contributed by atoms with Crippen LogP contribution in [0, 0.1) is 0 Å². The molecule has 28 heavy (non-hydrogen) atoms. The summed E-state index contributed by atoms with van der Waals surface area (Å²) in [7, 11) is -3.55. The molecule has 0 unspecified atom stereocenters. The molecule has 0 radical (unpaired) electrons. The summed E-state index contributed by atoms with van der Waals surface area (Å²) < 4.78 is 33.8. The zero-order chi connectivity index (χ0) is 19.4. The number of hydrogen-bond donors (Lipinski definition) is 2. The Labute approximate surface area is 172 Å². The third-order valence-electron chi connectivity index (χ3n) is 4.36. The van der Waals surface area contributed by atoms with Gasteiger partial charge in [0.25, 0.3) is 10.0 Å². The van der Waals surface area contributed by atoms with Crippen molar-refractivity contribution in [3.05, 3.63) is 58.8 Å². The SMILES string of the molecule is O=S(=O)(NCc1cccs1)c1ccc(Oc2cccc(N3CCNCC3)c2)s1. The van der Waals surface area contributed by atoms with Crippen molar-refractivity contribution in [1.82, 2.24) is 10.0 Å². The van der Waals surface area contributed by atoms with E-state index in [1.165, 1.54) is 11.3 Å². The largest absolute Gasteiger partial charge is 0.447 e. The van der Waals surface area contributed by atoms with Gasteiger partial charge < -0.3 is 15.0 Å². The van der Waals surface area contributed by atoms with Gasteiger partial charge in [-0.15, -0.1) is 11.3 Å². The molecule has 3 heterocycles. The molecule has 1 aromatic carbocycles. The maximum absolute atomic E-state index is 12.5. The molecule has 148 valence electrons. The lowest BCUT2D eigenvalue weighted by atomic mass is 10.2. The molecule has 2 aromatic heterocycles. The lowest BCUT2D eigenvalue weighted by molar-refractivity contribution is 0.496. The van der Waals surface area contributed by atoms with Gasteiger partial charge >= 0.3 is 0 Å². The van der Waals surface area contributed by atoms with E-state index in [-0.39, 0.29) is 4.21 Å². The number of nitrogens with zero attached hydrogens (tertiary/aromatic N) is 1. The van der Waals surface area contributed by atoms with Crippen molar-refractivity contribution in [1.29, 1.82) is 0 Å². The minimum atomic E-state index is -3.55. The first-order valence-electron chi connectivity index (χ1n) is 8.96. The lowest BCUT2D eigenvalue weighted by Gasteiger charge is -2.29. The molecule has 9 heteroatoms. The van der Waals surface area contributed by atoms with Gasteiger partial charge in [0.05, 0.1) is 0 Å². The summed E-state index contributed by atoms with van der Waals surface area (Å²) in [4.78, 5) is 3.28. The fourth-order valence-corrected chi connectivity index (χ4v) is 5.88. The van der Waals surface area contributed by atoms with Crippen LogP contribution in [0.25, 0.3) is 0 Å². The fourth-order valence-electron chi connectivity index (χ4n) is 2.94. The Morgan fingerprint density at radius 2 is 1.96 bits per heavy atom. The van der Waals surface area contributed by atoms with E-state index in [4.69, 9.17) is 4.74 Å². The quantitative estimate of drug-likeness (QED) is 0.595. The third-order valence-corrected chi connectivity index (χ3v) is 8.09. The molecule has 0 saturated carbocycles. The second-order valence-electron chi connectivity index (χ2n) is 6.31. The van der Waals surface area contributed by atoms with E-state index in [1.54, 1.807) is 12.1 Å². The van der Waals surface area contributed by atoms with Gasteiger partial charge in [0.1, 0.15) is 9.96 Å². The van der Waals surface area contributed by atoms with Crippen LogP contribution in [0.3, 0.4) is 0 Å². The van der Waals surface area contributed by atoms with Gasteiger partial charge in [-0.05, 0) is 35.7 Å². The van der Waals surface area contributed by atoms with Crippen LogP contribution in [0.2, 0.25) is 0 Å². The first kappa shape index (κ1) is 19.4. The number of piperazine rings is 1. The zero-order valence-electron chi connectivity index (χ0n) is 15.1. The molecule has 1 saturated heterocycles. The van der Waals surface area contributed by atoms with Crippen molar-refractivity contribution in [2.24, 2.45) is 0 Å². The Morgan fingerprint density at radius 3 is 2.75 bits per heavy atom. The van der Waals surface area contributed by atoms with E-state index in [2.05, 4.69) is 21.0 Å². The number of sulfonamides is 1. The lowest BCUT2D eigenvalue weighted by Crippen LogP contribution is -2.43. The van der Waals surface area contributed by atoms with Gasteiger partial charge in [0.15, 0.2) is 5.06 Å². The third kappa shape index (κ3) is 4.73. The Bertz CT molecular complexity index is 1010. The van der Waals surface area contributed by atoms with Crippen LogP contribution in [0.1, 0.15) is 4.88 Å². The first-order valence-corrected chi connectivity index (χ1v) is 12.1. The number of thiophene rings is 2. The molecule has 0 amide bonds. The smallest absolute Gasteiger partial charge is 0.250 e. The van der Waals surface area contributed by atoms with E-state index in [0.29, 0.717) is 17.4 Å². The van der Waals surface area contributed by atoms with Crippen LogP contribution >= 0.6 is 22.7 Å². The highest BCUT2D eigenvalue weighted by molar-refractivity contribution is 7.91. The first-order chi connectivity index (χ1) is 13.6. The summed E-state index contributed by atoms with van der Waals surface area (Å²) >= 11 is 2.64. The molecular weight excluding hydrogens is 414 g/mol. The summed E-state index contributed by atoms with van der Waals surface area (Å²) in [5.74, 6) is 0.702. The second kappa shape index (κ2) is 8.62. The molecule has 0 aliphatic carbocycles. The molecule has 1 aliphatic heterocycles. The van der Waals surface area contributed by atoms with Crippen molar-refractivity contribution in [3.8, 4) is 10.8 Å². The van der Waals surface area contributed by atoms with E-state index in [0.717, 1.165) is 48.1 Å². The van der Waals surface area contributed by atoms with Crippen LogP contribution in [0.15, 0.2) is 58.1 Å². The molecule has 4 rings (SSSR count). The van der Waals surface area contributed by atoms with Gasteiger partial charge in [-0.25, -0.2) is 13.1 Å². The number of ether oxygens (including phenoxy) is 1. The van der Waals surface area contributed by atoms with Crippen LogP contribution in [0.5, 0.6) is 10.8 Å². The van der Waals surface area contributed by atoms with Crippen molar-refractivity contribution < 1.29 is 13.2 Å². The maximum atomic E-state index is 12.5. The minimum absolute atomic E-state index is 0.248. The maximum Gasteiger partial charge on any atom is 0.250 e. The minimum Gasteiger partial charge on any atom is -0.447 e. The van der Waals surface area contributed by atoms with Crippen molar-refractivity contribution in [3.63, 3.8) is 0 Å². The fraction of sp³-hybridized carbons (Fsp3) is 0.263. The van der Waals surface area contributed by atoms with E-state index >= 15 is 0 Å². The average Bonchev–Trinajstić information content (AvgIpc) is 3.40. The molecule has 0 bridgehead atoms. The van der Waals surface area contributed by atoms with Gasteiger partial charge in [-0.1, -0.05) is 23.5 Å². The monoisotopic (exact) mass is 435 g/mol. The summed E-state index contributed by atoms with van der Waals surface area (Å²) in [6, 6.07) is 15.0. The molecule has 3 aromatic rings. The Hall–Kier alpha value is -1.91. The van der Waals surface area contributed by atoms with Crippen molar-refractivity contribution in [2.75, 3.05) is 31.1 Å².